The van der Waals surface area contributed by atoms with E-state index in [0.717, 1.165) is 104 Å². The van der Waals surface area contributed by atoms with Crippen LogP contribution in [0, 0.1) is 0 Å². The summed E-state index contributed by atoms with van der Waals surface area (Å²) >= 11 is 0. The first-order chi connectivity index (χ1) is 39.1. The standard InChI is InChI=1S/C72H142O7/c1-7-13-19-25-45-55-63-73-69(74-64-56-46-26-20-14-8-2)59-49-39-35-31-29-33-37-41-51-61-71(77-67-53-43-23-17-11-5)79-72(78-68-54-44-24-18-12-6)62-52-42-38-34-30-32-36-40-50-60-70(75-65-57-47-27-21-15-9-3)76-66-58-48-28-22-16-10-4/h51-52,61-62,69-72H,7-50,53-60,63-68H2,1-6H3. The summed E-state index contributed by atoms with van der Waals surface area (Å²) in [6, 6.07) is 0. The number of allylic oxidation sites excluding steroid dienone is 2. The Morgan fingerprint density at radius 1 is 0.215 bits per heavy atom. The molecule has 7 heteroatoms. The van der Waals surface area contributed by atoms with Crippen LogP contribution in [-0.2, 0) is 33.2 Å². The summed E-state index contributed by atoms with van der Waals surface area (Å²) < 4.78 is 44.7. The minimum atomic E-state index is -0.386. The normalized spacial score (nSPS) is 13.0. The van der Waals surface area contributed by atoms with Crippen LogP contribution in [-0.4, -0.2) is 64.8 Å². The zero-order valence-corrected chi connectivity index (χ0v) is 54.5. The largest absolute Gasteiger partial charge is 0.353 e. The molecule has 0 aromatic heterocycles. The van der Waals surface area contributed by atoms with Crippen molar-refractivity contribution in [1.29, 1.82) is 0 Å². The monoisotopic (exact) mass is 1120 g/mol. The predicted octanol–water partition coefficient (Wildman–Crippen LogP) is 23.9. The fourth-order valence-electron chi connectivity index (χ4n) is 10.4. The Balaban J connectivity index is 4.95. The fourth-order valence-corrected chi connectivity index (χ4v) is 10.4. The maximum Gasteiger partial charge on any atom is 0.180 e. The molecule has 0 N–H and O–H groups in total. The van der Waals surface area contributed by atoms with Crippen molar-refractivity contribution < 1.29 is 33.2 Å². The Hall–Kier alpha value is -0.800. The highest BCUT2D eigenvalue weighted by Gasteiger charge is 2.15. The second-order valence-corrected chi connectivity index (χ2v) is 23.8. The van der Waals surface area contributed by atoms with Crippen molar-refractivity contribution in [1.82, 2.24) is 0 Å². The molecular formula is C72H142O7. The quantitative estimate of drug-likeness (QED) is 0.0342. The van der Waals surface area contributed by atoms with Crippen LogP contribution in [0.3, 0.4) is 0 Å². The van der Waals surface area contributed by atoms with E-state index in [1.807, 2.05) is 0 Å². The van der Waals surface area contributed by atoms with E-state index < -0.39 is 0 Å². The van der Waals surface area contributed by atoms with E-state index in [1.165, 1.54) is 270 Å². The molecule has 0 bridgehead atoms. The highest BCUT2D eigenvalue weighted by molar-refractivity contribution is 4.90. The third kappa shape index (κ3) is 63.1. The molecule has 0 fully saturated rings. The van der Waals surface area contributed by atoms with Gasteiger partial charge in [0.25, 0.3) is 0 Å². The van der Waals surface area contributed by atoms with Gasteiger partial charge in [0, 0.05) is 26.4 Å². The minimum absolute atomic E-state index is 0.0181. The number of ether oxygens (including phenoxy) is 7. The third-order valence-electron chi connectivity index (χ3n) is 15.7. The lowest BCUT2D eigenvalue weighted by molar-refractivity contribution is -0.208. The van der Waals surface area contributed by atoms with E-state index in [4.69, 9.17) is 33.2 Å². The second kappa shape index (κ2) is 69.7. The number of hydrogen-bond acceptors (Lipinski definition) is 7. The molecule has 0 radical (unpaired) electrons. The summed E-state index contributed by atoms with van der Waals surface area (Å²) in [7, 11) is 0. The summed E-state index contributed by atoms with van der Waals surface area (Å²) in [6.07, 6.45) is 73.6. The zero-order chi connectivity index (χ0) is 57.1. The van der Waals surface area contributed by atoms with E-state index in [9.17, 15) is 0 Å². The number of unbranched alkanes of at least 4 members (excludes halogenated alkanes) is 42. The van der Waals surface area contributed by atoms with E-state index >= 15 is 0 Å². The average Bonchev–Trinajstić information content (AvgIpc) is 3.45. The average molecular weight is 1120 g/mol. The first-order valence-electron chi connectivity index (χ1n) is 35.8. The SMILES string of the molecule is CCCCCCCCOC(CCCCCCCCCC=CC(OCCCCCCC)OC(C=CCCCCCCCCCC(OCCCCCCCC)OCCCCCCCC)OCCCCCCC)OCCCCCCCC. The molecule has 0 amide bonds. The van der Waals surface area contributed by atoms with Crippen molar-refractivity contribution in [3.05, 3.63) is 24.3 Å². The molecule has 0 saturated heterocycles. The molecular weight excluding hydrogens is 977 g/mol. The van der Waals surface area contributed by atoms with Gasteiger partial charge in [0.05, 0.1) is 13.2 Å². The van der Waals surface area contributed by atoms with E-state index in [1.54, 1.807) is 0 Å². The van der Waals surface area contributed by atoms with Crippen LogP contribution in [0.4, 0.5) is 0 Å². The van der Waals surface area contributed by atoms with Crippen LogP contribution >= 0.6 is 0 Å². The Morgan fingerprint density at radius 2 is 0.418 bits per heavy atom. The van der Waals surface area contributed by atoms with Gasteiger partial charge in [0.15, 0.2) is 25.2 Å². The van der Waals surface area contributed by atoms with E-state index in [-0.39, 0.29) is 25.2 Å². The zero-order valence-electron chi connectivity index (χ0n) is 54.5. The van der Waals surface area contributed by atoms with Crippen molar-refractivity contribution in [3.8, 4) is 0 Å². The number of hydrogen-bond donors (Lipinski definition) is 0. The van der Waals surface area contributed by atoms with Crippen LogP contribution in [0.25, 0.3) is 0 Å². The summed E-state index contributed by atoms with van der Waals surface area (Å²) in [5.74, 6) is 0. The van der Waals surface area contributed by atoms with Crippen LogP contribution in [0.15, 0.2) is 24.3 Å². The molecule has 7 nitrogen and oxygen atoms in total. The molecule has 0 aromatic carbocycles. The second-order valence-electron chi connectivity index (χ2n) is 23.8. The van der Waals surface area contributed by atoms with Gasteiger partial charge >= 0.3 is 0 Å². The van der Waals surface area contributed by atoms with Gasteiger partial charge in [-0.25, -0.2) is 0 Å². The molecule has 0 spiro atoms. The Morgan fingerprint density at radius 3 is 0.671 bits per heavy atom. The van der Waals surface area contributed by atoms with Crippen molar-refractivity contribution in [2.75, 3.05) is 39.6 Å². The van der Waals surface area contributed by atoms with Gasteiger partial charge in [0.1, 0.15) is 0 Å². The molecule has 472 valence electrons. The van der Waals surface area contributed by atoms with Crippen molar-refractivity contribution >= 4 is 0 Å². The summed E-state index contributed by atoms with van der Waals surface area (Å²) in [5, 5.41) is 0. The molecule has 0 heterocycles. The fraction of sp³-hybridized carbons (Fsp3) is 0.944. The van der Waals surface area contributed by atoms with Gasteiger partial charge in [-0.05, 0) is 102 Å². The van der Waals surface area contributed by atoms with Crippen LogP contribution in [0.1, 0.15) is 375 Å². The van der Waals surface area contributed by atoms with Gasteiger partial charge in [0.2, 0.25) is 0 Å². The van der Waals surface area contributed by atoms with Crippen molar-refractivity contribution in [2.24, 2.45) is 0 Å². The molecule has 0 aliphatic heterocycles. The molecule has 2 atom stereocenters. The van der Waals surface area contributed by atoms with Gasteiger partial charge in [-0.3, -0.25) is 0 Å². The third-order valence-corrected chi connectivity index (χ3v) is 15.7. The molecule has 0 aromatic rings. The smallest absolute Gasteiger partial charge is 0.180 e. The van der Waals surface area contributed by atoms with Gasteiger partial charge in [-0.15, -0.1) is 0 Å². The van der Waals surface area contributed by atoms with Crippen LogP contribution in [0.2, 0.25) is 0 Å². The molecule has 0 rings (SSSR count). The number of rotatable bonds is 70. The van der Waals surface area contributed by atoms with E-state index in [2.05, 4.69) is 65.8 Å². The predicted molar refractivity (Wildman–Crippen MR) is 344 cm³/mol. The first-order valence-corrected chi connectivity index (χ1v) is 35.8. The molecule has 79 heavy (non-hydrogen) atoms. The van der Waals surface area contributed by atoms with Gasteiger partial charge in [-0.2, -0.15) is 0 Å². The maximum absolute atomic E-state index is 6.63. The summed E-state index contributed by atoms with van der Waals surface area (Å²) in [4.78, 5) is 0. The topological polar surface area (TPSA) is 64.6 Å². The highest BCUT2D eigenvalue weighted by atomic mass is 16.8. The molecule has 0 saturated carbocycles. The lowest BCUT2D eigenvalue weighted by Gasteiger charge is -2.22. The van der Waals surface area contributed by atoms with Crippen LogP contribution in [0.5, 0.6) is 0 Å². The maximum atomic E-state index is 6.63. The molecule has 0 aliphatic rings. The summed E-state index contributed by atoms with van der Waals surface area (Å²) in [6.45, 7) is 18.5. The minimum Gasteiger partial charge on any atom is -0.353 e. The first kappa shape index (κ1) is 78.2. The Bertz CT molecular complexity index is 1030. The highest BCUT2D eigenvalue weighted by Crippen LogP contribution is 2.19. The Kier molecular flexibility index (Phi) is 69.0. The molecule has 2 unspecified atom stereocenters. The van der Waals surface area contributed by atoms with Gasteiger partial charge < -0.3 is 33.2 Å². The lowest BCUT2D eigenvalue weighted by atomic mass is 10.1. The van der Waals surface area contributed by atoms with Crippen molar-refractivity contribution in [3.63, 3.8) is 0 Å². The Labute approximate surface area is 495 Å². The molecule has 0 aliphatic carbocycles. The van der Waals surface area contributed by atoms with Gasteiger partial charge in [-0.1, -0.05) is 298 Å². The van der Waals surface area contributed by atoms with Crippen LogP contribution < -0.4 is 0 Å². The summed E-state index contributed by atoms with van der Waals surface area (Å²) in [5.41, 5.74) is 0. The van der Waals surface area contributed by atoms with E-state index in [0.29, 0.717) is 0 Å². The lowest BCUT2D eigenvalue weighted by Crippen LogP contribution is -2.25. The van der Waals surface area contributed by atoms with Crippen molar-refractivity contribution in [2.45, 2.75) is 401 Å².